The van der Waals surface area contributed by atoms with E-state index in [0.717, 1.165) is 0 Å². The molecule has 98 valence electrons. The van der Waals surface area contributed by atoms with E-state index in [2.05, 4.69) is 14.7 Å². The first-order valence-electron chi connectivity index (χ1n) is 5.23. The number of nitrogen functional groups attached to an aromatic ring is 1. The van der Waals surface area contributed by atoms with Gasteiger partial charge in [0, 0.05) is 17.8 Å². The number of nitrogens with two attached hydrogens (primary N) is 1. The van der Waals surface area contributed by atoms with Gasteiger partial charge in [0.1, 0.15) is 5.82 Å². The normalized spacial score (nSPS) is 11.8. The quantitative estimate of drug-likeness (QED) is 0.755. The van der Waals surface area contributed by atoms with Gasteiger partial charge in [-0.25, -0.2) is 9.97 Å². The van der Waals surface area contributed by atoms with Gasteiger partial charge in [-0.2, -0.15) is 8.42 Å². The lowest BCUT2D eigenvalue weighted by Crippen LogP contribution is -2.17. The first kappa shape index (κ1) is 11.9. The van der Waals surface area contributed by atoms with Crippen LogP contribution in [0.1, 0.15) is 0 Å². The predicted octanol–water partition coefficient (Wildman–Crippen LogP) is 1.17. The SMILES string of the molecule is Nc1nc2sccn2c1S(=O)(=O)Nc1ccccn1. The van der Waals surface area contributed by atoms with Gasteiger partial charge in [-0.1, -0.05) is 6.07 Å². The van der Waals surface area contributed by atoms with E-state index < -0.39 is 10.0 Å². The average Bonchev–Trinajstić information content (AvgIpc) is 2.88. The monoisotopic (exact) mass is 295 g/mol. The van der Waals surface area contributed by atoms with E-state index in [1.54, 1.807) is 29.8 Å². The van der Waals surface area contributed by atoms with Crippen molar-refractivity contribution in [2.45, 2.75) is 5.03 Å². The fourth-order valence-electron chi connectivity index (χ4n) is 1.66. The number of aromatic nitrogens is 3. The van der Waals surface area contributed by atoms with Crippen LogP contribution in [0.5, 0.6) is 0 Å². The van der Waals surface area contributed by atoms with Gasteiger partial charge in [0.25, 0.3) is 10.0 Å². The van der Waals surface area contributed by atoms with Crippen LogP contribution in [0.2, 0.25) is 0 Å². The number of hydrogen-bond acceptors (Lipinski definition) is 6. The molecule has 3 aromatic rings. The Balaban J connectivity index is 2.10. The van der Waals surface area contributed by atoms with Crippen molar-refractivity contribution in [3.8, 4) is 0 Å². The van der Waals surface area contributed by atoms with Crippen molar-refractivity contribution >= 4 is 38.0 Å². The Hall–Kier alpha value is -2.13. The Morgan fingerprint density at radius 3 is 2.95 bits per heavy atom. The average molecular weight is 295 g/mol. The van der Waals surface area contributed by atoms with Gasteiger partial charge in [-0.05, 0) is 12.1 Å². The highest BCUT2D eigenvalue weighted by molar-refractivity contribution is 7.92. The Morgan fingerprint density at radius 2 is 2.21 bits per heavy atom. The van der Waals surface area contributed by atoms with E-state index in [4.69, 9.17) is 5.73 Å². The molecule has 0 aliphatic rings. The number of imidazole rings is 1. The summed E-state index contributed by atoms with van der Waals surface area (Å²) in [5.41, 5.74) is 5.67. The minimum absolute atomic E-state index is 0.0321. The van der Waals surface area contributed by atoms with Crippen molar-refractivity contribution < 1.29 is 8.42 Å². The Bertz CT molecular complexity index is 822. The number of anilines is 2. The van der Waals surface area contributed by atoms with E-state index in [-0.39, 0.29) is 16.7 Å². The Kier molecular flexibility index (Phi) is 2.64. The number of pyridine rings is 1. The summed E-state index contributed by atoms with van der Waals surface area (Å²) in [5.74, 6) is 0.197. The van der Waals surface area contributed by atoms with Gasteiger partial charge >= 0.3 is 0 Å². The topological polar surface area (TPSA) is 102 Å². The molecule has 19 heavy (non-hydrogen) atoms. The zero-order chi connectivity index (χ0) is 13.5. The largest absolute Gasteiger partial charge is 0.381 e. The highest BCUT2D eigenvalue weighted by Gasteiger charge is 2.24. The zero-order valence-corrected chi connectivity index (χ0v) is 11.1. The number of thiazole rings is 1. The maximum Gasteiger partial charge on any atom is 0.282 e. The van der Waals surface area contributed by atoms with Crippen LogP contribution in [0.15, 0.2) is 41.0 Å². The van der Waals surface area contributed by atoms with Crippen LogP contribution in [0.3, 0.4) is 0 Å². The summed E-state index contributed by atoms with van der Waals surface area (Å²) in [7, 11) is -3.83. The number of rotatable bonds is 3. The summed E-state index contributed by atoms with van der Waals surface area (Å²) in [6, 6.07) is 4.94. The van der Waals surface area contributed by atoms with Gasteiger partial charge in [-0.3, -0.25) is 9.12 Å². The third-order valence-corrected chi connectivity index (χ3v) is 4.55. The molecule has 3 rings (SSSR count). The lowest BCUT2D eigenvalue weighted by atomic mass is 10.5. The predicted molar refractivity (Wildman–Crippen MR) is 72.5 cm³/mol. The van der Waals surface area contributed by atoms with E-state index in [0.29, 0.717) is 4.96 Å². The molecule has 0 unspecified atom stereocenters. The molecule has 0 spiro atoms. The fraction of sp³-hybridized carbons (Fsp3) is 0. The molecule has 3 heterocycles. The molecule has 0 radical (unpaired) electrons. The highest BCUT2D eigenvalue weighted by Crippen LogP contribution is 2.24. The maximum atomic E-state index is 12.3. The second kappa shape index (κ2) is 4.21. The smallest absolute Gasteiger partial charge is 0.282 e. The van der Waals surface area contributed by atoms with Crippen LogP contribution < -0.4 is 10.5 Å². The van der Waals surface area contributed by atoms with E-state index in [1.165, 1.54) is 21.9 Å². The third-order valence-electron chi connectivity index (χ3n) is 2.40. The van der Waals surface area contributed by atoms with Crippen molar-refractivity contribution in [1.82, 2.24) is 14.4 Å². The van der Waals surface area contributed by atoms with Crippen LogP contribution in [0, 0.1) is 0 Å². The summed E-state index contributed by atoms with van der Waals surface area (Å²) in [4.78, 5) is 8.44. The van der Waals surface area contributed by atoms with Gasteiger partial charge in [0.2, 0.25) is 5.03 Å². The van der Waals surface area contributed by atoms with E-state index in [1.807, 2.05) is 0 Å². The summed E-state index contributed by atoms with van der Waals surface area (Å²) < 4.78 is 28.4. The molecule has 3 aromatic heterocycles. The molecule has 0 bridgehead atoms. The molecule has 3 N–H and O–H groups in total. The molecule has 0 aromatic carbocycles. The molecule has 0 aliphatic carbocycles. The molecule has 0 saturated heterocycles. The molecular formula is C10H9N5O2S2. The van der Waals surface area contributed by atoms with Crippen LogP contribution in [0.4, 0.5) is 11.6 Å². The summed E-state index contributed by atoms with van der Waals surface area (Å²) >= 11 is 1.31. The van der Waals surface area contributed by atoms with Crippen LogP contribution >= 0.6 is 11.3 Å². The number of hydrogen-bond donors (Lipinski definition) is 2. The lowest BCUT2D eigenvalue weighted by Gasteiger charge is -2.06. The molecule has 0 aliphatic heterocycles. The summed E-state index contributed by atoms with van der Waals surface area (Å²) in [5, 5.41) is 1.66. The van der Waals surface area contributed by atoms with E-state index >= 15 is 0 Å². The molecule has 7 nitrogen and oxygen atoms in total. The van der Waals surface area contributed by atoms with Crippen molar-refractivity contribution in [2.75, 3.05) is 10.5 Å². The van der Waals surface area contributed by atoms with Crippen LogP contribution in [-0.4, -0.2) is 22.8 Å². The molecule has 0 saturated carbocycles. The minimum Gasteiger partial charge on any atom is -0.381 e. The van der Waals surface area contributed by atoms with Crippen LogP contribution in [0.25, 0.3) is 4.96 Å². The number of sulfonamides is 1. The molecule has 0 amide bonds. The van der Waals surface area contributed by atoms with Crippen molar-refractivity contribution in [1.29, 1.82) is 0 Å². The maximum absolute atomic E-state index is 12.3. The first-order chi connectivity index (χ1) is 9.08. The van der Waals surface area contributed by atoms with Gasteiger partial charge < -0.3 is 5.73 Å². The number of fused-ring (bicyclic) bond motifs is 1. The number of nitrogens with one attached hydrogen (secondary N) is 1. The molecule has 0 atom stereocenters. The minimum atomic E-state index is -3.83. The van der Waals surface area contributed by atoms with Crippen molar-refractivity contribution in [3.63, 3.8) is 0 Å². The molecular weight excluding hydrogens is 286 g/mol. The standard InChI is InChI=1S/C10H9N5O2S2/c11-8-9(15-5-6-18-10(15)13-8)19(16,17)14-7-3-1-2-4-12-7/h1-6H,11H2,(H,12,14). The third kappa shape index (κ3) is 2.02. The molecule has 9 heteroatoms. The molecule has 0 fully saturated rings. The van der Waals surface area contributed by atoms with Gasteiger partial charge in [0.15, 0.2) is 10.8 Å². The van der Waals surface area contributed by atoms with Gasteiger partial charge in [-0.15, -0.1) is 11.3 Å². The van der Waals surface area contributed by atoms with Crippen molar-refractivity contribution in [2.24, 2.45) is 0 Å². The second-order valence-electron chi connectivity index (χ2n) is 3.68. The Morgan fingerprint density at radius 1 is 1.37 bits per heavy atom. The Labute approximate surface area is 112 Å². The summed E-state index contributed by atoms with van der Waals surface area (Å²) in [6.45, 7) is 0. The van der Waals surface area contributed by atoms with Crippen molar-refractivity contribution in [3.05, 3.63) is 36.0 Å². The highest BCUT2D eigenvalue weighted by atomic mass is 32.2. The van der Waals surface area contributed by atoms with E-state index in [9.17, 15) is 8.42 Å². The zero-order valence-electron chi connectivity index (χ0n) is 9.52. The van der Waals surface area contributed by atoms with Crippen LogP contribution in [-0.2, 0) is 10.0 Å². The first-order valence-corrected chi connectivity index (χ1v) is 7.59. The lowest BCUT2D eigenvalue weighted by molar-refractivity contribution is 0.597. The number of nitrogens with zero attached hydrogens (tertiary/aromatic N) is 3. The summed E-state index contributed by atoms with van der Waals surface area (Å²) in [6.07, 6.45) is 3.11. The van der Waals surface area contributed by atoms with Gasteiger partial charge in [0.05, 0.1) is 0 Å². The second-order valence-corrected chi connectivity index (χ2v) is 6.15. The fourth-order valence-corrected chi connectivity index (χ4v) is 3.66.